The number of methoxy groups -OCH3 is 1. The van der Waals surface area contributed by atoms with Crippen molar-refractivity contribution in [2.45, 2.75) is 12.8 Å². The summed E-state index contributed by atoms with van der Waals surface area (Å²) in [7, 11) is 1.52. The average Bonchev–Trinajstić information content (AvgIpc) is 2.61. The third kappa shape index (κ3) is 5.46. The van der Waals surface area contributed by atoms with Crippen molar-refractivity contribution >= 4 is 12.2 Å². The highest BCUT2D eigenvalue weighted by Gasteiger charge is 2.02. The lowest BCUT2D eigenvalue weighted by Gasteiger charge is -2.04. The lowest BCUT2D eigenvalue weighted by Crippen LogP contribution is -1.84. The number of phenolic OH excluding ortho intramolecular Hbond substituents is 2. The first-order valence-electron chi connectivity index (χ1n) is 7.93. The van der Waals surface area contributed by atoms with Crippen LogP contribution in [0.25, 0.3) is 12.2 Å². The molecule has 25 heavy (non-hydrogen) atoms. The number of rotatable bonds is 7. The van der Waals surface area contributed by atoms with Crippen molar-refractivity contribution in [1.29, 1.82) is 0 Å². The molecule has 2 aromatic rings. The van der Waals surface area contributed by atoms with Crippen LogP contribution in [0.4, 0.5) is 0 Å². The van der Waals surface area contributed by atoms with Crippen molar-refractivity contribution in [3.8, 4) is 23.0 Å². The molecule has 0 aromatic heterocycles. The van der Waals surface area contributed by atoms with Crippen LogP contribution in [0.1, 0.15) is 24.0 Å². The summed E-state index contributed by atoms with van der Waals surface area (Å²) < 4.78 is 5.09. The van der Waals surface area contributed by atoms with Crippen molar-refractivity contribution in [3.63, 3.8) is 0 Å². The molecule has 0 heterocycles. The second kappa shape index (κ2) is 8.64. The van der Waals surface area contributed by atoms with Crippen LogP contribution in [0.2, 0.25) is 0 Å². The summed E-state index contributed by atoms with van der Waals surface area (Å²) >= 11 is 0. The van der Waals surface area contributed by atoms with Gasteiger partial charge in [-0.2, -0.15) is 0 Å². The molecule has 2 rings (SSSR count). The van der Waals surface area contributed by atoms with Crippen molar-refractivity contribution in [2.75, 3.05) is 7.11 Å². The van der Waals surface area contributed by atoms with Gasteiger partial charge in [0.1, 0.15) is 0 Å². The quantitative estimate of drug-likeness (QED) is 0.571. The molecule has 4 heteroatoms. The summed E-state index contributed by atoms with van der Waals surface area (Å²) in [5, 5.41) is 26.5. The number of hydrogen-bond acceptors (Lipinski definition) is 3. The van der Waals surface area contributed by atoms with Gasteiger partial charge in [0.15, 0.2) is 11.5 Å². The van der Waals surface area contributed by atoms with E-state index in [4.69, 9.17) is 9.84 Å². The highest BCUT2D eigenvalue weighted by atomic mass is 16.5. The molecule has 2 aromatic carbocycles. The van der Waals surface area contributed by atoms with Gasteiger partial charge in [-0.25, -0.2) is 0 Å². The lowest BCUT2D eigenvalue weighted by molar-refractivity contribution is 0.373. The van der Waals surface area contributed by atoms with Gasteiger partial charge in [0.2, 0.25) is 5.75 Å². The number of allylic oxidation sites excluding steroid dienone is 3. The lowest BCUT2D eigenvalue weighted by atomic mass is 10.1. The van der Waals surface area contributed by atoms with E-state index in [1.807, 2.05) is 30.4 Å². The fourth-order valence-electron chi connectivity index (χ4n) is 2.24. The molecule has 0 spiro atoms. The van der Waals surface area contributed by atoms with Gasteiger partial charge in [0, 0.05) is 6.07 Å². The van der Waals surface area contributed by atoms with E-state index in [1.54, 1.807) is 24.3 Å². The van der Waals surface area contributed by atoms with Gasteiger partial charge < -0.3 is 20.1 Å². The van der Waals surface area contributed by atoms with E-state index in [1.165, 1.54) is 13.2 Å². The third-order valence-corrected chi connectivity index (χ3v) is 3.68. The van der Waals surface area contributed by atoms with Crippen molar-refractivity contribution in [1.82, 2.24) is 0 Å². The van der Waals surface area contributed by atoms with Gasteiger partial charge in [-0.15, -0.1) is 0 Å². The van der Waals surface area contributed by atoms with Crippen LogP contribution in [-0.2, 0) is 0 Å². The minimum absolute atomic E-state index is 0.0125. The number of phenols is 2. The van der Waals surface area contributed by atoms with Crippen LogP contribution in [0.5, 0.6) is 23.0 Å². The van der Waals surface area contributed by atoms with E-state index >= 15 is 0 Å². The highest BCUT2D eigenvalue weighted by molar-refractivity contribution is 5.58. The molecule has 130 valence electrons. The fraction of sp³-hybridized carbons (Fsp3) is 0.143. The van der Waals surface area contributed by atoms with Gasteiger partial charge in [-0.05, 0) is 42.2 Å². The summed E-state index contributed by atoms with van der Waals surface area (Å²) in [6.45, 7) is 4.04. The Hall–Kier alpha value is -3.14. The van der Waals surface area contributed by atoms with E-state index in [-0.39, 0.29) is 17.2 Å². The monoisotopic (exact) mass is 339 g/mol. The normalized spacial score (nSPS) is 11.2. The van der Waals surface area contributed by atoms with Gasteiger partial charge in [0.05, 0.1) is 7.11 Å². The highest BCUT2D eigenvalue weighted by Crippen LogP contribution is 2.27. The molecule has 0 saturated heterocycles. The topological polar surface area (TPSA) is 72.6 Å². The van der Waals surface area contributed by atoms with Crippen LogP contribution in [0.15, 0.2) is 60.7 Å². The van der Waals surface area contributed by atoms with Crippen LogP contribution >= 0.6 is 0 Å². The number of hydrogen-bond donors (Lipinski definition) is 2. The average molecular weight is 339 g/mol. The molecule has 0 saturated carbocycles. The maximum Gasteiger partial charge on any atom is 0.297 e. The Labute approximate surface area is 147 Å². The predicted molar refractivity (Wildman–Crippen MR) is 102 cm³/mol. The summed E-state index contributed by atoms with van der Waals surface area (Å²) in [6, 6.07) is 10.1. The Bertz CT molecular complexity index is 804. The van der Waals surface area contributed by atoms with Gasteiger partial charge in [-0.1, -0.05) is 48.6 Å². The maximum absolute atomic E-state index is 9.58. The number of aromatic hydroxyl groups is 2. The first kappa shape index (κ1) is 18.2. The minimum atomic E-state index is -0.0125. The fourth-order valence-corrected chi connectivity index (χ4v) is 2.24. The Morgan fingerprint density at radius 1 is 1.08 bits per heavy atom. The van der Waals surface area contributed by atoms with Crippen LogP contribution in [-0.4, -0.2) is 22.4 Å². The molecule has 0 amide bonds. The second-order valence-corrected chi connectivity index (χ2v) is 5.64. The molecular formula is C21H23O4+. The van der Waals surface area contributed by atoms with Crippen LogP contribution in [0.3, 0.4) is 0 Å². The van der Waals surface area contributed by atoms with Gasteiger partial charge in [0.25, 0.3) is 5.75 Å². The van der Waals surface area contributed by atoms with Crippen molar-refractivity contribution < 1.29 is 20.1 Å². The molecular weight excluding hydrogens is 316 g/mol. The largest absolute Gasteiger partial charge is 0.591 e. The number of ether oxygens (including phenoxy) is 1. The van der Waals surface area contributed by atoms with Crippen LogP contribution in [0, 0.1) is 0 Å². The van der Waals surface area contributed by atoms with E-state index in [2.05, 4.69) is 6.58 Å². The van der Waals surface area contributed by atoms with Crippen LogP contribution < -0.4 is 4.74 Å². The molecule has 0 atom stereocenters. The maximum atomic E-state index is 9.58. The zero-order chi connectivity index (χ0) is 18.2. The molecule has 0 aliphatic carbocycles. The zero-order valence-corrected chi connectivity index (χ0v) is 14.2. The summed E-state index contributed by atoms with van der Waals surface area (Å²) in [5.74, 6) is 0.674. The van der Waals surface area contributed by atoms with E-state index in [0.29, 0.717) is 5.75 Å². The first-order chi connectivity index (χ1) is 12.0. The Balaban J connectivity index is 1.86. The Morgan fingerprint density at radius 3 is 2.44 bits per heavy atom. The summed E-state index contributed by atoms with van der Waals surface area (Å²) in [5.41, 5.74) is 2.81. The predicted octanol–water partition coefficient (Wildman–Crippen LogP) is 4.61. The third-order valence-electron chi connectivity index (χ3n) is 3.68. The minimum Gasteiger partial charge on any atom is -0.591 e. The molecule has 4 N–H and O–H groups in total. The standard InChI is InChI=1S/C21H22O4/c1-15(7-8-17-10-12-19(23)21(14-17)25-2)5-3-4-6-16-9-11-18(22)20(24)13-16/h4,6-14,22-24H,1,3,5H2,2H3/p+1/b6-4+,8-7+. The SMILES string of the molecule is C=C(/C=C/c1ccc(O)c(OC)c1)CC/C=C/c1ccc(O)c([OH2+])c1. The van der Waals surface area contributed by atoms with E-state index < -0.39 is 0 Å². The molecule has 0 aliphatic heterocycles. The Kier molecular flexibility index (Phi) is 6.29. The van der Waals surface area contributed by atoms with E-state index in [9.17, 15) is 10.2 Å². The molecule has 0 aliphatic rings. The van der Waals surface area contributed by atoms with Gasteiger partial charge >= 0.3 is 0 Å². The van der Waals surface area contributed by atoms with Gasteiger partial charge in [-0.3, -0.25) is 0 Å². The summed E-state index contributed by atoms with van der Waals surface area (Å²) in [4.78, 5) is 0. The summed E-state index contributed by atoms with van der Waals surface area (Å²) in [6.07, 6.45) is 9.47. The molecule has 0 fully saturated rings. The Morgan fingerprint density at radius 2 is 1.76 bits per heavy atom. The molecule has 4 nitrogen and oxygen atoms in total. The van der Waals surface area contributed by atoms with Crippen molar-refractivity contribution in [3.05, 3.63) is 71.8 Å². The van der Waals surface area contributed by atoms with Crippen molar-refractivity contribution in [2.24, 2.45) is 0 Å². The molecule has 0 radical (unpaired) electrons. The molecule has 0 bridgehead atoms. The second-order valence-electron chi connectivity index (χ2n) is 5.64. The molecule has 0 unspecified atom stereocenters. The first-order valence-corrected chi connectivity index (χ1v) is 7.93. The van der Waals surface area contributed by atoms with E-state index in [0.717, 1.165) is 29.5 Å². The zero-order valence-electron chi connectivity index (χ0n) is 14.2. The number of benzene rings is 2. The smallest absolute Gasteiger partial charge is 0.297 e.